The van der Waals surface area contributed by atoms with Crippen LogP contribution in [0.3, 0.4) is 0 Å². The molecule has 0 saturated heterocycles. The minimum Gasteiger partial charge on any atom is -0.385 e. The van der Waals surface area contributed by atoms with Crippen molar-refractivity contribution in [3.05, 3.63) is 41.7 Å². The quantitative estimate of drug-likeness (QED) is 0.830. The highest BCUT2D eigenvalue weighted by Gasteiger charge is 2.26. The summed E-state index contributed by atoms with van der Waals surface area (Å²) in [5, 5.41) is 16.1. The van der Waals surface area contributed by atoms with Crippen LogP contribution < -0.4 is 5.32 Å². The van der Waals surface area contributed by atoms with Crippen LogP contribution in [0.5, 0.6) is 0 Å². The van der Waals surface area contributed by atoms with E-state index in [1.165, 1.54) is 6.92 Å². The van der Waals surface area contributed by atoms with Gasteiger partial charge in [0.2, 0.25) is 0 Å². The maximum absolute atomic E-state index is 12.2. The second-order valence-electron chi connectivity index (χ2n) is 4.20. The minimum atomic E-state index is -0.938. The molecule has 0 spiro atoms. The van der Waals surface area contributed by atoms with E-state index >= 15 is 0 Å². The first kappa shape index (κ1) is 13.8. The second kappa shape index (κ2) is 6.04. The molecule has 0 saturated carbocycles. The number of rotatable bonds is 4. The average Bonchev–Trinajstić information content (AvgIpc) is 2.90. The number of hydrogen-bond donors (Lipinski definition) is 2. The molecule has 1 aromatic carbocycles. The first-order valence-corrected chi connectivity index (χ1v) is 6.10. The topological polar surface area (TPSA) is 75.4 Å². The molecule has 5 heteroatoms. The van der Waals surface area contributed by atoms with Gasteiger partial charge in [0, 0.05) is 5.56 Å². The Morgan fingerprint density at radius 1 is 1.50 bits per heavy atom. The van der Waals surface area contributed by atoms with Crippen LogP contribution in [0.1, 0.15) is 29.1 Å². The van der Waals surface area contributed by atoms with Crippen molar-refractivity contribution in [1.82, 2.24) is 10.5 Å². The van der Waals surface area contributed by atoms with Gasteiger partial charge >= 0.3 is 0 Å². The van der Waals surface area contributed by atoms with Crippen LogP contribution in [0.25, 0.3) is 11.3 Å². The molecule has 2 aromatic rings. The summed E-state index contributed by atoms with van der Waals surface area (Å²) in [5.74, 6) is 2.03. The van der Waals surface area contributed by atoms with Crippen molar-refractivity contribution < 1.29 is 14.4 Å². The van der Waals surface area contributed by atoms with E-state index in [9.17, 15) is 9.90 Å². The number of aromatic nitrogens is 1. The first-order chi connectivity index (χ1) is 9.65. The Balaban J connectivity index is 2.48. The molecule has 1 heterocycles. The molecule has 0 aliphatic rings. The Kier molecular flexibility index (Phi) is 4.18. The number of aliphatic hydroxyl groups excluding tert-OH is 1. The smallest absolute Gasteiger partial charge is 0.258 e. The van der Waals surface area contributed by atoms with Gasteiger partial charge in [-0.25, -0.2) is 0 Å². The van der Waals surface area contributed by atoms with Crippen LogP contribution in [0, 0.1) is 12.3 Å². The van der Waals surface area contributed by atoms with Gasteiger partial charge in [-0.2, -0.15) is 0 Å². The Morgan fingerprint density at radius 2 is 2.20 bits per heavy atom. The normalized spacial score (nSPS) is 11.7. The highest BCUT2D eigenvalue weighted by Crippen LogP contribution is 2.28. The third kappa shape index (κ3) is 2.71. The van der Waals surface area contributed by atoms with Crippen molar-refractivity contribution in [3.8, 4) is 23.6 Å². The molecular formula is C15H14N2O3. The fraction of sp³-hybridized carbons (Fsp3) is 0.200. The van der Waals surface area contributed by atoms with Crippen molar-refractivity contribution >= 4 is 5.91 Å². The zero-order valence-corrected chi connectivity index (χ0v) is 11.0. The minimum absolute atomic E-state index is 0.0947. The van der Waals surface area contributed by atoms with Gasteiger partial charge in [0.1, 0.15) is 17.4 Å². The third-order valence-electron chi connectivity index (χ3n) is 2.72. The molecule has 0 radical (unpaired) electrons. The molecule has 0 bridgehead atoms. The molecule has 0 aliphatic heterocycles. The van der Waals surface area contributed by atoms with Crippen molar-refractivity contribution in [2.24, 2.45) is 0 Å². The molecule has 20 heavy (non-hydrogen) atoms. The lowest BCUT2D eigenvalue weighted by molar-refractivity contribution is 0.0946. The molecule has 1 aromatic heterocycles. The summed E-state index contributed by atoms with van der Waals surface area (Å²) in [6, 6.07) is 9.13. The summed E-state index contributed by atoms with van der Waals surface area (Å²) < 4.78 is 5.10. The standard InChI is InChI=1S/C15H14N2O3/c1-3-9-16-15(19)12-13(11-7-5-4-6-8-11)17-20-14(12)10(2)18/h1,4-8,10,18H,9H2,2H3,(H,16,19). The van der Waals surface area contributed by atoms with Crippen LogP contribution in [-0.2, 0) is 0 Å². The lowest BCUT2D eigenvalue weighted by Crippen LogP contribution is -2.25. The molecule has 5 nitrogen and oxygen atoms in total. The number of aliphatic hydroxyl groups is 1. The Labute approximate surface area is 116 Å². The van der Waals surface area contributed by atoms with Crippen molar-refractivity contribution in [1.29, 1.82) is 0 Å². The van der Waals surface area contributed by atoms with Crippen molar-refractivity contribution in [2.75, 3.05) is 6.54 Å². The second-order valence-corrected chi connectivity index (χ2v) is 4.20. The maximum Gasteiger partial charge on any atom is 0.258 e. The van der Waals surface area contributed by atoms with E-state index in [2.05, 4.69) is 16.4 Å². The van der Waals surface area contributed by atoms with Crippen LogP contribution in [-0.4, -0.2) is 22.7 Å². The average molecular weight is 270 g/mol. The maximum atomic E-state index is 12.2. The molecule has 102 valence electrons. The number of terminal acetylenes is 1. The van der Waals surface area contributed by atoms with E-state index in [1.54, 1.807) is 0 Å². The summed E-state index contributed by atoms with van der Waals surface area (Å²) in [6.45, 7) is 1.60. The number of benzene rings is 1. The van der Waals surface area contributed by atoms with Gasteiger partial charge in [0.25, 0.3) is 5.91 Å². The first-order valence-electron chi connectivity index (χ1n) is 6.10. The summed E-state index contributed by atoms with van der Waals surface area (Å²) in [5.41, 5.74) is 1.33. The monoisotopic (exact) mass is 270 g/mol. The zero-order valence-electron chi connectivity index (χ0n) is 11.0. The highest BCUT2D eigenvalue weighted by molar-refractivity contribution is 6.01. The lowest BCUT2D eigenvalue weighted by Gasteiger charge is -2.05. The number of nitrogens with zero attached hydrogens (tertiary/aromatic N) is 1. The van der Waals surface area contributed by atoms with E-state index in [0.717, 1.165) is 5.56 Å². The van der Waals surface area contributed by atoms with E-state index < -0.39 is 12.0 Å². The van der Waals surface area contributed by atoms with Gasteiger partial charge in [-0.1, -0.05) is 41.4 Å². The molecule has 1 amide bonds. The number of carbonyl (C=O) groups excluding carboxylic acids is 1. The molecule has 0 aliphatic carbocycles. The fourth-order valence-corrected chi connectivity index (χ4v) is 1.82. The third-order valence-corrected chi connectivity index (χ3v) is 2.72. The Bertz CT molecular complexity index is 639. The SMILES string of the molecule is C#CCNC(=O)c1c(-c2ccccc2)noc1C(C)O. The van der Waals surface area contributed by atoms with Gasteiger partial charge in [-0.3, -0.25) is 4.79 Å². The molecule has 1 unspecified atom stereocenters. The van der Waals surface area contributed by atoms with Gasteiger partial charge in [0.15, 0.2) is 5.76 Å². The predicted octanol–water partition coefficient (Wildman–Crippen LogP) is 1.76. The predicted molar refractivity (Wildman–Crippen MR) is 73.7 cm³/mol. The molecule has 2 N–H and O–H groups in total. The van der Waals surface area contributed by atoms with Crippen molar-refractivity contribution in [2.45, 2.75) is 13.0 Å². The van der Waals surface area contributed by atoms with Gasteiger partial charge in [0.05, 0.1) is 6.54 Å². The summed E-state index contributed by atoms with van der Waals surface area (Å²) >= 11 is 0. The number of amides is 1. The van der Waals surface area contributed by atoms with Gasteiger partial charge < -0.3 is 14.9 Å². The highest BCUT2D eigenvalue weighted by atomic mass is 16.5. The van der Waals surface area contributed by atoms with Gasteiger partial charge in [-0.15, -0.1) is 6.42 Å². The number of nitrogens with one attached hydrogen (secondary N) is 1. The number of carbonyl (C=O) groups is 1. The van der Waals surface area contributed by atoms with Crippen molar-refractivity contribution in [3.63, 3.8) is 0 Å². The lowest BCUT2D eigenvalue weighted by atomic mass is 10.0. The van der Waals surface area contributed by atoms with E-state index in [-0.39, 0.29) is 17.9 Å². The summed E-state index contributed by atoms with van der Waals surface area (Å²) in [7, 11) is 0. The molecule has 0 fully saturated rings. The molecule has 2 rings (SSSR count). The molecule has 1 atom stereocenters. The van der Waals surface area contributed by atoms with E-state index in [4.69, 9.17) is 10.9 Å². The Morgan fingerprint density at radius 3 is 2.80 bits per heavy atom. The van der Waals surface area contributed by atoms with Crippen LogP contribution in [0.15, 0.2) is 34.9 Å². The zero-order chi connectivity index (χ0) is 14.5. The fourth-order valence-electron chi connectivity index (χ4n) is 1.82. The summed E-state index contributed by atoms with van der Waals surface area (Å²) in [6.07, 6.45) is 4.19. The van der Waals surface area contributed by atoms with Crippen LogP contribution in [0.2, 0.25) is 0 Å². The van der Waals surface area contributed by atoms with Crippen LogP contribution >= 0.6 is 0 Å². The van der Waals surface area contributed by atoms with Crippen LogP contribution in [0.4, 0.5) is 0 Å². The Hall–Kier alpha value is -2.58. The number of hydrogen-bond acceptors (Lipinski definition) is 4. The van der Waals surface area contributed by atoms with E-state index in [1.807, 2.05) is 30.3 Å². The molecular weight excluding hydrogens is 256 g/mol. The summed E-state index contributed by atoms with van der Waals surface area (Å²) in [4.78, 5) is 12.2. The van der Waals surface area contributed by atoms with Gasteiger partial charge in [-0.05, 0) is 6.92 Å². The largest absolute Gasteiger partial charge is 0.385 e. The van der Waals surface area contributed by atoms with E-state index in [0.29, 0.717) is 5.69 Å².